The number of hydrogen-bond donors (Lipinski definition) is 1. The van der Waals surface area contributed by atoms with Crippen LogP contribution in [0.4, 0.5) is 13.2 Å². The molecule has 1 N–H and O–H groups in total. The number of phenols is 1. The van der Waals surface area contributed by atoms with Gasteiger partial charge in [-0.1, -0.05) is 70.2 Å². The average molecular weight is 1410 g/mol. The van der Waals surface area contributed by atoms with Crippen LogP contribution in [0, 0.1) is 27.6 Å². The van der Waals surface area contributed by atoms with Gasteiger partial charge in [0.25, 0.3) is 0 Å². The second-order valence-corrected chi connectivity index (χ2v) is 30.7. The van der Waals surface area contributed by atoms with Crippen LogP contribution < -0.4 is 9.47 Å². The number of phenolic OH excluding ortho intramolecular Hbond substituents is 1. The van der Waals surface area contributed by atoms with Crippen LogP contribution in [0.3, 0.4) is 0 Å². The molecule has 6 unspecified atom stereocenters. The Morgan fingerprint density at radius 2 is 1.17 bits per heavy atom. The topological polar surface area (TPSA) is 244 Å². The van der Waals surface area contributed by atoms with Crippen molar-refractivity contribution in [1.82, 2.24) is 0 Å². The number of thiophene rings is 1. The molecule has 1 saturated carbocycles. The van der Waals surface area contributed by atoms with E-state index in [0.717, 1.165) is 37.8 Å². The number of aromatic hydroxyl groups is 1. The Labute approximate surface area is 559 Å². The van der Waals surface area contributed by atoms with Gasteiger partial charge >= 0.3 is 42.0 Å². The van der Waals surface area contributed by atoms with E-state index >= 15 is 0 Å². The van der Waals surface area contributed by atoms with Crippen LogP contribution in [0.15, 0.2) is 126 Å². The number of ether oxygens (including phenoxy) is 7. The zero-order chi connectivity index (χ0) is 69.9. The molecular weight excluding hydrogens is 1330 g/mol. The lowest BCUT2D eigenvalue weighted by atomic mass is 9.87. The molecule has 1 aliphatic carbocycles. The fourth-order valence-corrected chi connectivity index (χ4v) is 13.1. The summed E-state index contributed by atoms with van der Waals surface area (Å²) in [5.41, 5.74) is -2.77. The third-order valence-corrected chi connectivity index (χ3v) is 21.3. The number of esters is 6. The van der Waals surface area contributed by atoms with Crippen LogP contribution >= 0.6 is 26.4 Å². The van der Waals surface area contributed by atoms with Crippen molar-refractivity contribution in [3.8, 4) is 22.1 Å². The molecule has 3 saturated heterocycles. The summed E-state index contributed by atoms with van der Waals surface area (Å²) in [4.78, 5) is 72.7. The molecule has 5 aromatic carbocycles. The van der Waals surface area contributed by atoms with Crippen molar-refractivity contribution in [2.45, 2.75) is 190 Å². The number of rotatable bonds is 17. The number of benzene rings is 5. The van der Waals surface area contributed by atoms with E-state index in [9.17, 15) is 54.9 Å². The van der Waals surface area contributed by atoms with Gasteiger partial charge in [0.15, 0.2) is 26.5 Å². The fourth-order valence-electron chi connectivity index (χ4n) is 9.78. The first kappa shape index (κ1) is 76.1. The molecule has 0 radical (unpaired) electrons. The summed E-state index contributed by atoms with van der Waals surface area (Å²) >= 11 is 3.09. The third kappa shape index (κ3) is 19.6. The van der Waals surface area contributed by atoms with Gasteiger partial charge in [-0.15, -0.1) is 0 Å². The van der Waals surface area contributed by atoms with Crippen molar-refractivity contribution in [1.29, 1.82) is 0 Å². The maximum Gasteiger partial charge on any atom is 0.426 e. The standard InChI is InChI=1S/C18H13S.C16H18BrF3O7S.C13H18O5.C12H16O3.C12H22O2/c1-2-8-14(9-3-1)19-17-12-6-4-10-15(17)16-11-5-7-13-18(16)19;1-4-15(2,3)14(22)26-11-7-9(5-6-10(11)17)13(21)27-12(16(18,19)20)8-28(23,24)25;1-4-13(2,3)12(15)18-9-7-5-6-8(16-7)10(9)17-11(6)14;1-4-12(2,3)11(14)15-10-7-5-9(13)6-8-10;1-5-11(2,3)10(13)14-12(4)8-6-7-9-12/h1-13H;5-7,12H,4,8H2,1-3H3,(H,23,24,25);6-10H,4-5H2,1-3H3;5-8,13H,4H2,1-3H3;5-9H2,1-4H3/q+1;;;;/p-1. The summed E-state index contributed by atoms with van der Waals surface area (Å²) in [6, 6.07) is 37.8. The van der Waals surface area contributed by atoms with Gasteiger partial charge in [0.1, 0.15) is 29.0 Å². The summed E-state index contributed by atoms with van der Waals surface area (Å²) in [7, 11) is -5.25. The molecule has 0 spiro atoms. The van der Waals surface area contributed by atoms with Gasteiger partial charge < -0.3 is 42.8 Å². The molecule has 3 aliphatic heterocycles. The van der Waals surface area contributed by atoms with Gasteiger partial charge in [-0.2, -0.15) is 13.2 Å². The number of hydrogen-bond acceptors (Lipinski definition) is 17. The molecular formula is C71H86BrF3O17S2. The minimum absolute atomic E-state index is 0.0376. The van der Waals surface area contributed by atoms with Crippen LogP contribution in [0.1, 0.15) is 158 Å². The van der Waals surface area contributed by atoms with Gasteiger partial charge in [0, 0.05) is 21.2 Å². The first-order valence-corrected chi connectivity index (χ1v) is 34.9. The van der Waals surface area contributed by atoms with Crippen LogP contribution in [0.25, 0.3) is 25.1 Å². The maximum absolute atomic E-state index is 12.9. The lowest BCUT2D eigenvalue weighted by Gasteiger charge is -2.29. The molecule has 2 bridgehead atoms. The summed E-state index contributed by atoms with van der Waals surface area (Å²) < 4.78 is 110. The number of alkyl halides is 3. The van der Waals surface area contributed by atoms with Crippen molar-refractivity contribution < 1.29 is 93.2 Å². The molecule has 23 heteroatoms. The predicted molar refractivity (Wildman–Crippen MR) is 354 cm³/mol. The maximum atomic E-state index is 12.9. The molecule has 6 atom stereocenters. The van der Waals surface area contributed by atoms with Crippen molar-refractivity contribution in [3.05, 3.63) is 131 Å². The first-order valence-electron chi connectivity index (χ1n) is 31.3. The molecule has 4 fully saturated rings. The SMILES string of the molecule is CCC(C)(C)C(=O)OC1(C)CCCC1.CCC(C)(C)C(=O)OC1C2CC3C(=O)OC1C3O2.CCC(C)(C)C(=O)Oc1cc(C(=O)OC(CS(=O)(=O)[O-])C(F)(F)F)ccc1Br.CCC(C)(C)C(=O)Oc1ccc(O)cc1.c1ccc(-[s+]2c3ccccc3c3ccccc32)cc1. The Kier molecular flexibility index (Phi) is 25.3. The first-order chi connectivity index (χ1) is 43.8. The van der Waals surface area contributed by atoms with E-state index in [4.69, 9.17) is 33.5 Å². The monoisotopic (exact) mass is 1410 g/mol. The molecule has 1 aromatic heterocycles. The Hall–Kier alpha value is -6.92. The van der Waals surface area contributed by atoms with Gasteiger partial charge in [-0.05, 0) is 215 Å². The van der Waals surface area contributed by atoms with Crippen LogP contribution in [-0.4, -0.2) is 102 Å². The predicted octanol–water partition coefficient (Wildman–Crippen LogP) is 16.2. The van der Waals surface area contributed by atoms with Gasteiger partial charge in [-0.3, -0.25) is 24.0 Å². The lowest BCUT2D eigenvalue weighted by Crippen LogP contribution is -2.42. The summed E-state index contributed by atoms with van der Waals surface area (Å²) in [5.74, 6) is -4.53. The van der Waals surface area contributed by atoms with Crippen LogP contribution in [0.5, 0.6) is 17.2 Å². The van der Waals surface area contributed by atoms with E-state index in [0.29, 0.717) is 25.0 Å². The molecule has 512 valence electrons. The lowest BCUT2D eigenvalue weighted by molar-refractivity contribution is -0.197. The minimum Gasteiger partial charge on any atom is -0.748 e. The largest absolute Gasteiger partial charge is 0.748 e. The van der Waals surface area contributed by atoms with E-state index in [1.165, 1.54) is 56.1 Å². The number of carbonyl (C=O) groups excluding carboxylic acids is 6. The fraction of sp³-hybridized carbons (Fsp3) is 0.493. The number of fused-ring (bicyclic) bond motifs is 4. The van der Waals surface area contributed by atoms with Crippen LogP contribution in [0.2, 0.25) is 0 Å². The van der Waals surface area contributed by atoms with Crippen molar-refractivity contribution >= 4 is 92.5 Å². The number of carbonyl (C=O) groups is 6. The molecule has 0 amide bonds. The zero-order valence-corrected chi connectivity index (χ0v) is 58.6. The van der Waals surface area contributed by atoms with Gasteiger partial charge in [0.05, 0.1) is 59.6 Å². The second-order valence-electron chi connectivity index (χ2n) is 26.4. The molecule has 10 rings (SSSR count). The Morgan fingerprint density at radius 1 is 0.681 bits per heavy atom. The highest BCUT2D eigenvalue weighted by molar-refractivity contribution is 9.10. The highest BCUT2D eigenvalue weighted by Crippen LogP contribution is 2.49. The van der Waals surface area contributed by atoms with Crippen molar-refractivity contribution in [2.24, 2.45) is 27.6 Å². The molecule has 4 aliphatic rings. The van der Waals surface area contributed by atoms with Crippen molar-refractivity contribution in [3.63, 3.8) is 0 Å². The number of halogens is 4. The average Bonchev–Trinajstić information content (AvgIpc) is 1.58. The minimum atomic E-state index is -5.31. The highest BCUT2D eigenvalue weighted by Gasteiger charge is 2.65. The zero-order valence-electron chi connectivity index (χ0n) is 55.4. The van der Waals surface area contributed by atoms with E-state index in [1.54, 1.807) is 32.9 Å². The van der Waals surface area contributed by atoms with E-state index < -0.39 is 74.1 Å². The summed E-state index contributed by atoms with van der Waals surface area (Å²) in [5, 5.41) is 11.8. The van der Waals surface area contributed by atoms with Crippen LogP contribution in [-0.2, 0) is 57.8 Å². The Bertz CT molecular complexity index is 3690. The molecule has 94 heavy (non-hydrogen) atoms. The second kappa shape index (κ2) is 31.3. The highest BCUT2D eigenvalue weighted by atomic mass is 79.9. The summed E-state index contributed by atoms with van der Waals surface area (Å²) in [6.45, 7) is 24.3. The normalized spacial score (nSPS) is 19.1. The quantitative estimate of drug-likeness (QED) is 0.0293. The Balaban J connectivity index is 0.000000190. The van der Waals surface area contributed by atoms with Gasteiger partial charge in [-0.25, -0.2) is 13.2 Å². The van der Waals surface area contributed by atoms with E-state index in [2.05, 4.69) is 106 Å². The molecule has 17 nitrogen and oxygen atoms in total. The van der Waals surface area contributed by atoms with E-state index in [-0.39, 0.29) is 79.5 Å². The van der Waals surface area contributed by atoms with Gasteiger partial charge in [0.2, 0.25) is 6.10 Å². The Morgan fingerprint density at radius 3 is 1.68 bits per heavy atom. The smallest absolute Gasteiger partial charge is 0.426 e. The molecule has 4 heterocycles. The third-order valence-electron chi connectivity index (χ3n) is 17.6. The summed E-state index contributed by atoms with van der Waals surface area (Å²) in [6.07, 6.45) is -1.81. The molecule has 6 aromatic rings. The van der Waals surface area contributed by atoms with E-state index in [1.807, 2.05) is 62.3 Å². The van der Waals surface area contributed by atoms with Crippen molar-refractivity contribution in [2.75, 3.05) is 5.75 Å².